The van der Waals surface area contributed by atoms with Crippen molar-refractivity contribution in [3.8, 4) is 5.69 Å². The van der Waals surface area contributed by atoms with Gasteiger partial charge in [0, 0.05) is 18.9 Å². The maximum absolute atomic E-state index is 13.1. The van der Waals surface area contributed by atoms with E-state index in [9.17, 15) is 19.2 Å². The number of benzene rings is 1. The summed E-state index contributed by atoms with van der Waals surface area (Å²) in [6.07, 6.45) is 5.02. The van der Waals surface area contributed by atoms with Crippen molar-refractivity contribution in [1.29, 1.82) is 0 Å². The fourth-order valence-corrected chi connectivity index (χ4v) is 6.78. The van der Waals surface area contributed by atoms with Gasteiger partial charge in [-0.25, -0.2) is 4.68 Å². The van der Waals surface area contributed by atoms with Gasteiger partial charge in [0.05, 0.1) is 50.2 Å². The zero-order valence-electron chi connectivity index (χ0n) is 27.8. The van der Waals surface area contributed by atoms with Crippen molar-refractivity contribution in [2.75, 3.05) is 27.7 Å². The highest BCUT2D eigenvalue weighted by Crippen LogP contribution is 2.38. The van der Waals surface area contributed by atoms with Gasteiger partial charge in [0.2, 0.25) is 5.91 Å². The smallest absolute Gasteiger partial charge is 0.310 e. The third-order valence-electron chi connectivity index (χ3n) is 8.63. The molecular weight excluding hydrogens is 596 g/mol. The van der Waals surface area contributed by atoms with Crippen LogP contribution in [0.15, 0.2) is 18.2 Å². The summed E-state index contributed by atoms with van der Waals surface area (Å²) in [6.45, 7) is 8.09. The van der Waals surface area contributed by atoms with E-state index in [-0.39, 0.29) is 42.1 Å². The molecule has 1 aromatic heterocycles. The first-order valence-corrected chi connectivity index (χ1v) is 15.8. The number of esters is 2. The molecule has 4 rings (SSSR count). The minimum atomic E-state index is -0.533. The van der Waals surface area contributed by atoms with E-state index < -0.39 is 18.0 Å². The Balaban J connectivity index is 0.00000552. The number of aryl methyl sites for hydroxylation is 1. The fraction of sp³-hybridized carbons (Fsp3) is 0.618. The average molecular weight is 645 g/mol. The van der Waals surface area contributed by atoms with Crippen LogP contribution in [-0.4, -0.2) is 77.8 Å². The van der Waals surface area contributed by atoms with Gasteiger partial charge in [0.15, 0.2) is 11.9 Å². The molecule has 0 radical (unpaired) electrons. The molecule has 248 valence electrons. The summed E-state index contributed by atoms with van der Waals surface area (Å²) in [6, 6.07) is 5.63. The highest BCUT2D eigenvalue weighted by atomic mass is 35.5. The highest BCUT2D eigenvalue weighted by molar-refractivity contribution is 6.00. The van der Waals surface area contributed by atoms with Gasteiger partial charge in [0.1, 0.15) is 12.6 Å². The van der Waals surface area contributed by atoms with Gasteiger partial charge < -0.3 is 32.1 Å². The van der Waals surface area contributed by atoms with Crippen LogP contribution >= 0.6 is 0 Å². The van der Waals surface area contributed by atoms with Crippen LogP contribution in [0.4, 0.5) is 0 Å². The topological polar surface area (TPSA) is 131 Å². The lowest BCUT2D eigenvalue weighted by molar-refractivity contribution is -0.873. The summed E-state index contributed by atoms with van der Waals surface area (Å²) in [5.74, 6) is -0.803. The van der Waals surface area contributed by atoms with E-state index >= 15 is 0 Å². The number of quaternary nitrogens is 1. The Kier molecular flexibility index (Phi) is 11.6. The van der Waals surface area contributed by atoms with Gasteiger partial charge in [-0.2, -0.15) is 5.10 Å². The quantitative estimate of drug-likeness (QED) is 0.289. The summed E-state index contributed by atoms with van der Waals surface area (Å²) in [4.78, 5) is 49.8. The second kappa shape index (κ2) is 14.5. The summed E-state index contributed by atoms with van der Waals surface area (Å²) in [5.41, 5.74) is 10.3. The number of aromatic nitrogens is 2. The number of rotatable bonds is 11. The van der Waals surface area contributed by atoms with Gasteiger partial charge >= 0.3 is 11.9 Å². The number of hydrogen-bond acceptors (Lipinski definition) is 7. The Hall–Kier alpha value is -3.24. The number of fused-ring (bicyclic) bond motifs is 1. The minimum absolute atomic E-state index is 0. The van der Waals surface area contributed by atoms with Crippen LogP contribution in [-0.2, 0) is 38.3 Å². The van der Waals surface area contributed by atoms with Crippen molar-refractivity contribution in [2.45, 2.75) is 97.7 Å². The van der Waals surface area contributed by atoms with E-state index in [0.29, 0.717) is 41.8 Å². The number of ketones is 1. The maximum atomic E-state index is 13.1. The second-order valence-electron chi connectivity index (χ2n) is 14.4. The standard InChI is InChI=1S/C34H48N4O6.ClH/c1-8-28-32-29(18-34(3,4)19-30(32)40)37(36-28)24-11-14-27(33(35)42)23(16-24)15-22-9-12-25(13-10-22)44-31(41)17-26(43-21(2)39)20-38(5,6)7;/h11,14,16,22,25-26H,8-10,12-13,15,17-20H2,1-7H3,(H-,35,42);1H. The normalized spacial score (nSPS) is 20.0. The van der Waals surface area contributed by atoms with Crippen LogP contribution in [0.2, 0.25) is 0 Å². The lowest BCUT2D eigenvalue weighted by Crippen LogP contribution is -3.00. The second-order valence-corrected chi connectivity index (χ2v) is 14.4. The number of carbonyl (C=O) groups excluding carboxylic acids is 4. The van der Waals surface area contributed by atoms with Crippen LogP contribution in [0.1, 0.15) is 104 Å². The monoisotopic (exact) mass is 644 g/mol. The molecule has 1 fully saturated rings. The van der Waals surface area contributed by atoms with Crippen LogP contribution in [0.5, 0.6) is 0 Å². The van der Waals surface area contributed by atoms with Crippen LogP contribution < -0.4 is 18.1 Å². The first-order chi connectivity index (χ1) is 20.5. The third-order valence-corrected chi connectivity index (χ3v) is 8.63. The summed E-state index contributed by atoms with van der Waals surface area (Å²) >= 11 is 0. The Labute approximate surface area is 273 Å². The molecule has 0 bridgehead atoms. The fourth-order valence-electron chi connectivity index (χ4n) is 6.78. The van der Waals surface area contributed by atoms with E-state index in [0.717, 1.165) is 60.3 Å². The first kappa shape index (κ1) is 36.2. The minimum Gasteiger partial charge on any atom is -1.00 e. The van der Waals surface area contributed by atoms with Gasteiger partial charge in [-0.1, -0.05) is 20.8 Å². The molecule has 2 aliphatic rings. The molecule has 45 heavy (non-hydrogen) atoms. The van der Waals surface area contributed by atoms with Crippen LogP contribution in [0, 0.1) is 11.3 Å². The SMILES string of the molecule is CCc1nn(-c2ccc(C(N)=O)c(CC3CCC(OC(=O)CC(C[N+](C)(C)C)OC(C)=O)CC3)c2)c2c1C(=O)CC(C)(C)C2.[Cl-]. The number of carbonyl (C=O) groups is 4. The van der Waals surface area contributed by atoms with E-state index in [4.69, 9.17) is 20.3 Å². The van der Waals surface area contributed by atoms with Gasteiger partial charge in [0.25, 0.3) is 0 Å². The largest absolute Gasteiger partial charge is 1.00 e. The van der Waals surface area contributed by atoms with Gasteiger partial charge in [-0.3, -0.25) is 19.2 Å². The highest BCUT2D eigenvalue weighted by Gasteiger charge is 2.36. The number of Topliss-reactive ketones (excluding diaryl/α,β-unsaturated/α-hetero) is 1. The van der Waals surface area contributed by atoms with E-state index in [1.165, 1.54) is 6.92 Å². The van der Waals surface area contributed by atoms with Crippen molar-refractivity contribution in [3.63, 3.8) is 0 Å². The Bertz CT molecular complexity index is 1420. The van der Waals surface area contributed by atoms with Crippen molar-refractivity contribution in [1.82, 2.24) is 9.78 Å². The molecule has 11 heteroatoms. The van der Waals surface area contributed by atoms with Crippen LogP contribution in [0.25, 0.3) is 5.69 Å². The Morgan fingerprint density at radius 3 is 2.36 bits per heavy atom. The Morgan fingerprint density at radius 2 is 1.78 bits per heavy atom. The molecule has 2 N–H and O–H groups in total. The zero-order chi connectivity index (χ0) is 32.4. The lowest BCUT2D eigenvalue weighted by atomic mass is 9.75. The molecule has 1 atom stereocenters. The molecule has 0 aliphatic heterocycles. The van der Waals surface area contributed by atoms with Gasteiger partial charge in [-0.05, 0) is 80.0 Å². The van der Waals surface area contributed by atoms with Gasteiger partial charge in [-0.15, -0.1) is 0 Å². The number of likely N-dealkylation sites (N-methyl/N-ethyl adjacent to an activating group) is 1. The molecule has 1 heterocycles. The number of amides is 1. The van der Waals surface area contributed by atoms with E-state index in [1.54, 1.807) is 6.07 Å². The lowest BCUT2D eigenvalue weighted by Gasteiger charge is -2.31. The first-order valence-electron chi connectivity index (χ1n) is 15.8. The van der Waals surface area contributed by atoms with Crippen LogP contribution in [0.3, 0.4) is 0 Å². The molecule has 10 nitrogen and oxygen atoms in total. The summed E-state index contributed by atoms with van der Waals surface area (Å²) in [7, 11) is 5.94. The van der Waals surface area contributed by atoms with Crippen molar-refractivity contribution >= 4 is 23.6 Å². The van der Waals surface area contributed by atoms with Crippen molar-refractivity contribution in [3.05, 3.63) is 46.3 Å². The van der Waals surface area contributed by atoms with Crippen molar-refractivity contribution < 1.29 is 45.5 Å². The number of nitrogens with zero attached hydrogens (tertiary/aromatic N) is 3. The number of nitrogens with two attached hydrogens (primary N) is 1. The van der Waals surface area contributed by atoms with E-state index in [2.05, 4.69) is 13.8 Å². The van der Waals surface area contributed by atoms with Crippen molar-refractivity contribution in [2.24, 2.45) is 17.1 Å². The summed E-state index contributed by atoms with van der Waals surface area (Å²) in [5, 5.41) is 4.85. The predicted octanol–water partition coefficient (Wildman–Crippen LogP) is 1.37. The maximum Gasteiger partial charge on any atom is 0.310 e. The zero-order valence-corrected chi connectivity index (χ0v) is 28.5. The molecule has 1 unspecified atom stereocenters. The molecule has 0 spiro atoms. The third kappa shape index (κ3) is 9.39. The van der Waals surface area contributed by atoms with E-state index in [1.807, 2.05) is 44.9 Å². The summed E-state index contributed by atoms with van der Waals surface area (Å²) < 4.78 is 13.6. The average Bonchev–Trinajstić information content (AvgIpc) is 3.26. The molecule has 1 aromatic carbocycles. The molecule has 1 saturated carbocycles. The number of primary amides is 1. The molecule has 1 amide bonds. The Morgan fingerprint density at radius 1 is 1.11 bits per heavy atom. The molecule has 0 saturated heterocycles. The molecular formula is C34H49ClN4O6. The molecule has 2 aliphatic carbocycles. The predicted molar refractivity (Wildman–Crippen MR) is 167 cm³/mol. The number of ether oxygens (including phenoxy) is 2. The number of hydrogen-bond donors (Lipinski definition) is 1. The number of halogens is 1. The molecule has 2 aromatic rings.